The summed E-state index contributed by atoms with van der Waals surface area (Å²) in [4.78, 5) is 0. The van der Waals surface area contributed by atoms with Crippen LogP contribution >= 0.6 is 0 Å². The van der Waals surface area contributed by atoms with Gasteiger partial charge >= 0.3 is 0 Å². The molecule has 0 aliphatic heterocycles. The zero-order chi connectivity index (χ0) is 9.68. The molecule has 0 radical (unpaired) electrons. The number of anilines is 1. The Bertz CT molecular complexity index is 264. The van der Waals surface area contributed by atoms with Crippen LogP contribution in [0.5, 0.6) is 0 Å². The fraction of sp³-hybridized carbons (Fsp3) is 0.333. The van der Waals surface area contributed by atoms with Crippen molar-refractivity contribution in [3.8, 4) is 0 Å². The van der Waals surface area contributed by atoms with Crippen molar-refractivity contribution >= 4 is 5.69 Å². The molecule has 72 valence electrons. The van der Waals surface area contributed by atoms with Crippen molar-refractivity contribution < 1.29 is 14.6 Å². The number of rotatable bonds is 4. The lowest BCUT2D eigenvalue weighted by atomic mass is 10.2. The van der Waals surface area contributed by atoms with E-state index in [2.05, 4.69) is 5.32 Å². The van der Waals surface area contributed by atoms with Gasteiger partial charge in [-0.15, -0.1) is 0 Å². The number of halogens is 1. The summed E-state index contributed by atoms with van der Waals surface area (Å²) >= 11 is 0. The highest BCUT2D eigenvalue weighted by Crippen LogP contribution is 2.13. The summed E-state index contributed by atoms with van der Waals surface area (Å²) in [5.74, 6) is -0.394. The number of hydrogen-bond donors (Lipinski definition) is 3. The zero-order valence-electron chi connectivity index (χ0n) is 7.07. The standard InChI is InChI=1S/C9H12FNO2/c10-8-3-1-2-4-9(8)11-7(5-12)6-13/h1-4,7,11-13H,5-6H2. The van der Waals surface area contributed by atoms with E-state index < -0.39 is 11.9 Å². The molecule has 0 saturated heterocycles. The van der Waals surface area contributed by atoms with Gasteiger partial charge in [0, 0.05) is 0 Å². The highest BCUT2D eigenvalue weighted by molar-refractivity contribution is 5.45. The van der Waals surface area contributed by atoms with Crippen molar-refractivity contribution in [3.05, 3.63) is 30.1 Å². The highest BCUT2D eigenvalue weighted by Gasteiger charge is 2.07. The first kappa shape index (κ1) is 9.95. The molecular formula is C9H12FNO2. The molecule has 0 amide bonds. The van der Waals surface area contributed by atoms with Crippen molar-refractivity contribution in [2.45, 2.75) is 6.04 Å². The molecule has 1 rings (SSSR count). The average Bonchev–Trinajstić information content (AvgIpc) is 2.17. The Morgan fingerprint density at radius 1 is 1.23 bits per heavy atom. The van der Waals surface area contributed by atoms with Crippen LogP contribution in [0.3, 0.4) is 0 Å². The van der Waals surface area contributed by atoms with Crippen LogP contribution in [0, 0.1) is 5.82 Å². The zero-order valence-corrected chi connectivity index (χ0v) is 7.07. The Labute approximate surface area is 75.8 Å². The number of aliphatic hydroxyl groups excluding tert-OH is 2. The maximum atomic E-state index is 13.0. The van der Waals surface area contributed by atoms with Crippen LogP contribution < -0.4 is 5.32 Å². The number of para-hydroxylation sites is 1. The van der Waals surface area contributed by atoms with Gasteiger partial charge < -0.3 is 15.5 Å². The molecular weight excluding hydrogens is 173 g/mol. The van der Waals surface area contributed by atoms with Crippen LogP contribution in [0.1, 0.15) is 0 Å². The van der Waals surface area contributed by atoms with Crippen LogP contribution in [0.2, 0.25) is 0 Å². The van der Waals surface area contributed by atoms with Gasteiger partial charge in [-0.25, -0.2) is 4.39 Å². The smallest absolute Gasteiger partial charge is 0.146 e. The minimum Gasteiger partial charge on any atom is -0.394 e. The lowest BCUT2D eigenvalue weighted by Gasteiger charge is -2.14. The summed E-state index contributed by atoms with van der Waals surface area (Å²) in [5, 5.41) is 20.1. The lowest BCUT2D eigenvalue weighted by Crippen LogP contribution is -2.28. The Morgan fingerprint density at radius 2 is 1.85 bits per heavy atom. The van der Waals surface area contributed by atoms with Gasteiger partial charge in [0.2, 0.25) is 0 Å². The van der Waals surface area contributed by atoms with E-state index in [0.29, 0.717) is 0 Å². The molecule has 0 bridgehead atoms. The predicted octanol–water partition coefficient (Wildman–Crippen LogP) is 0.591. The van der Waals surface area contributed by atoms with Crippen molar-refractivity contribution in [3.63, 3.8) is 0 Å². The van der Waals surface area contributed by atoms with Crippen LogP contribution in [-0.2, 0) is 0 Å². The minimum absolute atomic E-state index is 0.231. The Kier molecular flexibility index (Phi) is 3.67. The molecule has 3 N–H and O–H groups in total. The van der Waals surface area contributed by atoms with E-state index in [1.807, 2.05) is 0 Å². The van der Waals surface area contributed by atoms with Crippen LogP contribution in [0.25, 0.3) is 0 Å². The van der Waals surface area contributed by atoms with Gasteiger partial charge in [-0.3, -0.25) is 0 Å². The number of benzene rings is 1. The van der Waals surface area contributed by atoms with Crippen LogP contribution in [-0.4, -0.2) is 29.5 Å². The summed E-state index contributed by atoms with van der Waals surface area (Å²) in [6.45, 7) is -0.463. The summed E-state index contributed by atoms with van der Waals surface area (Å²) in [5.41, 5.74) is 0.288. The largest absolute Gasteiger partial charge is 0.394 e. The second-order valence-electron chi connectivity index (χ2n) is 2.69. The highest BCUT2D eigenvalue weighted by atomic mass is 19.1. The van der Waals surface area contributed by atoms with Crippen molar-refractivity contribution in [1.29, 1.82) is 0 Å². The molecule has 0 unspecified atom stereocenters. The van der Waals surface area contributed by atoms with Crippen molar-refractivity contribution in [2.75, 3.05) is 18.5 Å². The monoisotopic (exact) mass is 185 g/mol. The molecule has 0 spiro atoms. The van der Waals surface area contributed by atoms with E-state index in [0.717, 1.165) is 0 Å². The quantitative estimate of drug-likeness (QED) is 0.643. The second-order valence-corrected chi connectivity index (χ2v) is 2.69. The van der Waals surface area contributed by atoms with E-state index >= 15 is 0 Å². The molecule has 0 fully saturated rings. The van der Waals surface area contributed by atoms with E-state index in [9.17, 15) is 4.39 Å². The van der Waals surface area contributed by atoms with Crippen molar-refractivity contribution in [1.82, 2.24) is 0 Å². The second kappa shape index (κ2) is 4.79. The van der Waals surface area contributed by atoms with Gasteiger partial charge in [0.25, 0.3) is 0 Å². The fourth-order valence-electron chi connectivity index (χ4n) is 0.947. The Morgan fingerprint density at radius 3 is 2.38 bits per heavy atom. The maximum absolute atomic E-state index is 13.0. The first-order valence-corrected chi connectivity index (χ1v) is 4.00. The van der Waals surface area contributed by atoms with Gasteiger partial charge in [-0.2, -0.15) is 0 Å². The van der Waals surface area contributed by atoms with Gasteiger partial charge in [0.05, 0.1) is 24.9 Å². The fourth-order valence-corrected chi connectivity index (χ4v) is 0.947. The average molecular weight is 185 g/mol. The van der Waals surface area contributed by atoms with Gasteiger partial charge in [0.1, 0.15) is 5.82 Å². The van der Waals surface area contributed by atoms with E-state index in [4.69, 9.17) is 10.2 Å². The third-order valence-electron chi connectivity index (χ3n) is 1.67. The molecule has 4 heteroatoms. The molecule has 1 aromatic carbocycles. The third-order valence-corrected chi connectivity index (χ3v) is 1.67. The molecule has 0 saturated carbocycles. The molecule has 0 aliphatic rings. The first-order valence-electron chi connectivity index (χ1n) is 4.00. The van der Waals surface area contributed by atoms with Gasteiger partial charge in [-0.1, -0.05) is 12.1 Å². The molecule has 0 aliphatic carbocycles. The maximum Gasteiger partial charge on any atom is 0.146 e. The predicted molar refractivity (Wildman–Crippen MR) is 48.0 cm³/mol. The van der Waals surface area contributed by atoms with Crippen molar-refractivity contribution in [2.24, 2.45) is 0 Å². The number of hydrogen-bond acceptors (Lipinski definition) is 3. The summed E-state index contributed by atoms with van der Waals surface area (Å²) in [6.07, 6.45) is 0. The van der Waals surface area contributed by atoms with Crippen LogP contribution in [0.15, 0.2) is 24.3 Å². The van der Waals surface area contributed by atoms with E-state index in [-0.39, 0.29) is 18.9 Å². The minimum atomic E-state index is -0.517. The van der Waals surface area contributed by atoms with E-state index in [1.165, 1.54) is 6.07 Å². The third kappa shape index (κ3) is 2.68. The van der Waals surface area contributed by atoms with Crippen LogP contribution in [0.4, 0.5) is 10.1 Å². The van der Waals surface area contributed by atoms with Gasteiger partial charge in [0.15, 0.2) is 0 Å². The molecule has 13 heavy (non-hydrogen) atoms. The molecule has 3 nitrogen and oxygen atoms in total. The summed E-state index contributed by atoms with van der Waals surface area (Å²) in [7, 11) is 0. The molecule has 1 aromatic rings. The molecule has 0 atom stereocenters. The molecule has 0 aromatic heterocycles. The Balaban J connectivity index is 2.67. The Hall–Kier alpha value is -1.13. The normalized spacial score (nSPS) is 10.5. The SMILES string of the molecule is OCC(CO)Nc1ccccc1F. The summed E-state index contributed by atoms with van der Waals surface area (Å²) < 4.78 is 13.0. The lowest BCUT2D eigenvalue weighted by molar-refractivity contribution is 0.203. The first-order chi connectivity index (χ1) is 6.27. The number of aliphatic hydroxyl groups is 2. The number of nitrogens with one attached hydrogen (secondary N) is 1. The van der Waals surface area contributed by atoms with Gasteiger partial charge in [-0.05, 0) is 12.1 Å². The molecule has 0 heterocycles. The topological polar surface area (TPSA) is 52.5 Å². The van der Waals surface area contributed by atoms with E-state index in [1.54, 1.807) is 18.2 Å². The summed E-state index contributed by atoms with van der Waals surface area (Å²) in [6, 6.07) is 5.60.